The molecule has 6 heteroatoms. The molecule has 0 heterocycles. The van der Waals surface area contributed by atoms with Gasteiger partial charge in [0.1, 0.15) is 11.6 Å². The number of Topliss-reactive ketones (excluding diaryl/α,β-unsaturated/α-hetero) is 2. The topological polar surface area (TPSA) is 106 Å². The zero-order valence-electron chi connectivity index (χ0n) is 41.5. The number of carbonyl (C=O) groups is 5. The lowest BCUT2D eigenvalue weighted by molar-refractivity contribution is -0.132. The summed E-state index contributed by atoms with van der Waals surface area (Å²) in [6.45, 7) is 16.1. The lowest BCUT2D eigenvalue weighted by Gasteiger charge is -2.58. The quantitative estimate of drug-likeness (QED) is 0.281. The van der Waals surface area contributed by atoms with Gasteiger partial charge in [-0.2, -0.15) is 0 Å². The minimum absolute atomic E-state index is 0.0246. The Bertz CT molecular complexity index is 2110. The maximum Gasteiger partial charge on any atom is 0.155 e. The average molecular weight is 889 g/mol. The van der Waals surface area contributed by atoms with Crippen LogP contribution in [0.1, 0.15) is 203 Å². The second kappa shape index (κ2) is 16.3. The van der Waals surface area contributed by atoms with Crippen molar-refractivity contribution in [1.29, 1.82) is 0 Å². The second-order valence-electron chi connectivity index (χ2n) is 26.2. The number of hydrogen-bond donors (Lipinski definition) is 1. The number of rotatable bonds is 1. The fraction of sp³-hybridized carbons (Fsp3) is 0.814. The van der Waals surface area contributed by atoms with Gasteiger partial charge in [0, 0.05) is 37.0 Å². The van der Waals surface area contributed by atoms with Gasteiger partial charge in [0.2, 0.25) is 0 Å². The van der Waals surface area contributed by atoms with Gasteiger partial charge in [-0.3, -0.25) is 24.0 Å². The van der Waals surface area contributed by atoms with E-state index in [1.807, 2.05) is 18.2 Å². The summed E-state index contributed by atoms with van der Waals surface area (Å²) in [5, 5.41) is 10.4. The molecule has 0 aromatic heterocycles. The number of ketones is 5. The molecule has 0 aromatic rings. The molecule has 12 aliphatic rings. The lowest BCUT2D eigenvalue weighted by Crippen LogP contribution is -2.51. The van der Waals surface area contributed by atoms with E-state index >= 15 is 0 Å². The van der Waals surface area contributed by atoms with Gasteiger partial charge in [0.15, 0.2) is 17.3 Å². The summed E-state index contributed by atoms with van der Waals surface area (Å²) >= 11 is 0. The molecule has 6 nitrogen and oxygen atoms in total. The van der Waals surface area contributed by atoms with E-state index in [1.165, 1.54) is 80.9 Å². The Morgan fingerprint density at radius 3 is 1.31 bits per heavy atom. The number of fused-ring (bicyclic) bond motifs is 15. The molecular formula is C59H84O6. The van der Waals surface area contributed by atoms with E-state index in [0.717, 1.165) is 119 Å². The summed E-state index contributed by atoms with van der Waals surface area (Å²) in [6, 6.07) is 0. The van der Waals surface area contributed by atoms with Crippen molar-refractivity contribution in [3.63, 3.8) is 0 Å². The van der Waals surface area contributed by atoms with Gasteiger partial charge in [-0.15, -0.1) is 0 Å². The maximum absolute atomic E-state index is 12.4. The van der Waals surface area contributed by atoms with Crippen LogP contribution in [0.5, 0.6) is 0 Å². The molecule has 0 spiro atoms. The minimum Gasteiger partial charge on any atom is -0.393 e. The van der Waals surface area contributed by atoms with Crippen LogP contribution in [0.25, 0.3) is 0 Å². The monoisotopic (exact) mass is 889 g/mol. The molecule has 12 rings (SSSR count). The Morgan fingerprint density at radius 2 is 0.831 bits per heavy atom. The Morgan fingerprint density at radius 1 is 0.431 bits per heavy atom. The third-order valence-electron chi connectivity index (χ3n) is 24.0. The maximum atomic E-state index is 12.4. The SMILES string of the molecule is CC(=O)[C@H]1CC[C@H]2[C@@H]3CCC4=CC(=O)CC[C@]4(C)[C@H]3CC[C@]12C.C[C@]12CCC(=O)C=C1CC[C@@H]1[C@@H]2CC[C@]2(C)C(=O)CC[C@@H]12.C[C@]12CC[C@H]3[C@@H](CCC4=CC(=O)CC[C@@]43C)[C@@H]1CC[C@@H]2O. The van der Waals surface area contributed by atoms with E-state index in [2.05, 4.69) is 41.5 Å². The summed E-state index contributed by atoms with van der Waals surface area (Å²) < 4.78 is 0. The Hall–Kier alpha value is -2.47. The molecule has 65 heavy (non-hydrogen) atoms. The highest BCUT2D eigenvalue weighted by molar-refractivity contribution is 5.93. The molecule has 12 aliphatic carbocycles. The van der Waals surface area contributed by atoms with E-state index in [-0.39, 0.29) is 38.6 Å². The Labute approximate surface area is 391 Å². The summed E-state index contributed by atoms with van der Waals surface area (Å²) in [6.07, 6.45) is 31.9. The van der Waals surface area contributed by atoms with E-state index in [0.29, 0.717) is 58.5 Å². The molecule has 0 amide bonds. The van der Waals surface area contributed by atoms with Gasteiger partial charge in [-0.1, -0.05) is 58.3 Å². The van der Waals surface area contributed by atoms with Gasteiger partial charge in [-0.05, 0) is 234 Å². The van der Waals surface area contributed by atoms with Crippen LogP contribution >= 0.6 is 0 Å². The van der Waals surface area contributed by atoms with Crippen molar-refractivity contribution < 1.29 is 29.1 Å². The van der Waals surface area contributed by atoms with Crippen LogP contribution in [-0.2, 0) is 24.0 Å². The normalized spacial score (nSPS) is 50.3. The van der Waals surface area contributed by atoms with Gasteiger partial charge < -0.3 is 5.11 Å². The van der Waals surface area contributed by atoms with Crippen molar-refractivity contribution in [2.24, 2.45) is 91.7 Å². The van der Waals surface area contributed by atoms with Crippen LogP contribution < -0.4 is 0 Å². The fourth-order valence-electron chi connectivity index (χ4n) is 20.1. The third kappa shape index (κ3) is 7.08. The fourth-order valence-corrected chi connectivity index (χ4v) is 20.1. The highest BCUT2D eigenvalue weighted by Gasteiger charge is 2.62. The molecule has 0 radical (unpaired) electrons. The first-order valence-electron chi connectivity index (χ1n) is 27.2. The largest absolute Gasteiger partial charge is 0.393 e. The molecule has 0 aromatic carbocycles. The molecule has 17 atom stereocenters. The van der Waals surface area contributed by atoms with E-state index in [1.54, 1.807) is 6.92 Å². The predicted octanol–water partition coefficient (Wildman–Crippen LogP) is 12.7. The first-order chi connectivity index (χ1) is 30.8. The summed E-state index contributed by atoms with van der Waals surface area (Å²) in [7, 11) is 0. The number of allylic oxidation sites excluding steroid dienone is 3. The van der Waals surface area contributed by atoms with Crippen LogP contribution in [0, 0.1) is 91.7 Å². The number of aliphatic hydroxyl groups excluding tert-OH is 1. The van der Waals surface area contributed by atoms with Crippen LogP contribution in [-0.4, -0.2) is 40.1 Å². The molecule has 1 N–H and O–H groups in total. The van der Waals surface area contributed by atoms with Crippen LogP contribution in [0.4, 0.5) is 0 Å². The van der Waals surface area contributed by atoms with Crippen molar-refractivity contribution in [2.75, 3.05) is 0 Å². The van der Waals surface area contributed by atoms with E-state index in [4.69, 9.17) is 0 Å². The van der Waals surface area contributed by atoms with Gasteiger partial charge in [-0.25, -0.2) is 0 Å². The lowest BCUT2D eigenvalue weighted by atomic mass is 9.47. The average Bonchev–Trinajstić information content (AvgIpc) is 3.90. The van der Waals surface area contributed by atoms with Crippen molar-refractivity contribution in [3.05, 3.63) is 34.9 Å². The highest BCUT2D eigenvalue weighted by Crippen LogP contribution is 2.68. The molecule has 0 unspecified atom stereocenters. The van der Waals surface area contributed by atoms with Crippen LogP contribution in [0.15, 0.2) is 34.9 Å². The predicted molar refractivity (Wildman–Crippen MR) is 255 cm³/mol. The Kier molecular flexibility index (Phi) is 11.6. The molecule has 9 fully saturated rings. The molecule has 0 aliphatic heterocycles. The standard InChI is InChI=1S/C21H30O2.C19H28O2.C19H26O2/c1-13(22)17-6-7-18-16-5-4-14-12-15(23)8-10-20(14,2)19(16)9-11-21(17,18)3;2*1-18-9-7-13(20)11-12(18)3-4-14-15-5-6-17(21)19(15,2)10-8-16(14)18/h12,16-19H,4-11H2,1-3H3;11,14-17,21H,3-10H2,1-2H3;11,14-16H,3-10H2,1-2H3/t16-,17+,18-,19-,20-,21+;14-,15-,16-,17-,18-,19-;14-,15-,16-,18-,19-/m000/s1. The van der Waals surface area contributed by atoms with Crippen LogP contribution in [0.3, 0.4) is 0 Å². The van der Waals surface area contributed by atoms with Crippen molar-refractivity contribution in [1.82, 2.24) is 0 Å². The van der Waals surface area contributed by atoms with Gasteiger partial charge >= 0.3 is 0 Å². The van der Waals surface area contributed by atoms with E-state index < -0.39 is 0 Å². The molecule has 9 saturated carbocycles. The first-order valence-corrected chi connectivity index (χ1v) is 27.2. The third-order valence-corrected chi connectivity index (χ3v) is 24.0. The molecular weight excluding hydrogens is 805 g/mol. The highest BCUT2D eigenvalue weighted by atomic mass is 16.3. The van der Waals surface area contributed by atoms with E-state index in [9.17, 15) is 29.1 Å². The molecule has 0 saturated heterocycles. The smallest absolute Gasteiger partial charge is 0.155 e. The Balaban J connectivity index is 0.000000115. The van der Waals surface area contributed by atoms with Gasteiger partial charge in [0.05, 0.1) is 6.10 Å². The minimum atomic E-state index is -0.0823. The molecule has 0 bridgehead atoms. The zero-order valence-corrected chi connectivity index (χ0v) is 41.5. The number of carbonyl (C=O) groups excluding carboxylic acids is 5. The van der Waals surface area contributed by atoms with Crippen LogP contribution in [0.2, 0.25) is 0 Å². The summed E-state index contributed by atoms with van der Waals surface area (Å²) in [4.78, 5) is 59.9. The van der Waals surface area contributed by atoms with Crippen molar-refractivity contribution in [2.45, 2.75) is 209 Å². The number of hydrogen-bond acceptors (Lipinski definition) is 6. The summed E-state index contributed by atoms with van der Waals surface area (Å²) in [5.74, 6) is 8.75. The molecule has 356 valence electrons. The number of aliphatic hydroxyl groups is 1. The van der Waals surface area contributed by atoms with Crippen molar-refractivity contribution in [3.8, 4) is 0 Å². The summed E-state index contributed by atoms with van der Waals surface area (Å²) in [5.41, 5.74) is 5.47. The van der Waals surface area contributed by atoms with Crippen molar-refractivity contribution >= 4 is 28.9 Å². The second-order valence-corrected chi connectivity index (χ2v) is 26.2. The zero-order chi connectivity index (χ0) is 46.1. The van der Waals surface area contributed by atoms with Gasteiger partial charge in [0.25, 0.3) is 0 Å². The first kappa shape index (κ1) is 46.3.